The summed E-state index contributed by atoms with van der Waals surface area (Å²) in [5.74, 6) is 0.703. The van der Waals surface area contributed by atoms with Gasteiger partial charge < -0.3 is 11.1 Å². The second-order valence-electron chi connectivity index (χ2n) is 4.54. The van der Waals surface area contributed by atoms with Crippen LogP contribution >= 0.6 is 12.4 Å². The van der Waals surface area contributed by atoms with E-state index in [0.29, 0.717) is 25.4 Å². The number of nitrogens with zero attached hydrogens (tertiary/aromatic N) is 1. The molecule has 0 aromatic rings. The average Bonchev–Trinajstić information content (AvgIpc) is 2.76. The number of rotatable bonds is 3. The molecule has 0 aliphatic carbocycles. The van der Waals surface area contributed by atoms with Crippen molar-refractivity contribution in [1.29, 1.82) is 0 Å². The minimum absolute atomic E-state index is 0. The third-order valence-corrected chi connectivity index (χ3v) is 3.40. The Hall–Kier alpha value is 0.1000. The highest BCUT2D eigenvalue weighted by atomic mass is 35.5. The largest absolute Gasteiger partial charge is 0.329 e. The molecule has 0 amide bonds. The van der Waals surface area contributed by atoms with Crippen molar-refractivity contribution >= 4 is 12.4 Å². The Morgan fingerprint density at radius 2 is 2.27 bits per heavy atom. The molecule has 0 aromatic carbocycles. The van der Waals surface area contributed by atoms with Gasteiger partial charge >= 0.3 is 0 Å². The highest BCUT2D eigenvalue weighted by Gasteiger charge is 2.32. The predicted molar refractivity (Wildman–Crippen MR) is 62.2 cm³/mol. The first-order chi connectivity index (χ1) is 6.79. The summed E-state index contributed by atoms with van der Waals surface area (Å²) < 4.78 is 13.2. The van der Waals surface area contributed by atoms with E-state index in [0.717, 1.165) is 19.6 Å². The Labute approximate surface area is 97.0 Å². The first-order valence-corrected chi connectivity index (χ1v) is 5.58. The van der Waals surface area contributed by atoms with Gasteiger partial charge in [0.2, 0.25) is 0 Å². The molecule has 2 rings (SSSR count). The fourth-order valence-electron chi connectivity index (χ4n) is 2.59. The standard InChI is InChI=1S/C10H20FN3.ClH/c11-9-3-10(4-12)14(7-9)6-8-1-2-13-5-8;/h8-10,13H,1-7,12H2;1H/t8?,9-,10-;/m0./s1. The SMILES string of the molecule is Cl.NC[C@@H]1C[C@H](F)CN1CC1CCNC1. The van der Waals surface area contributed by atoms with Gasteiger partial charge in [-0.2, -0.15) is 0 Å². The molecule has 2 fully saturated rings. The van der Waals surface area contributed by atoms with Crippen molar-refractivity contribution in [3.05, 3.63) is 0 Å². The Bertz CT molecular complexity index is 188. The van der Waals surface area contributed by atoms with Crippen LogP contribution in [0, 0.1) is 5.92 Å². The van der Waals surface area contributed by atoms with Crippen LogP contribution in [-0.4, -0.2) is 49.8 Å². The third-order valence-electron chi connectivity index (χ3n) is 3.40. The molecule has 3 atom stereocenters. The quantitative estimate of drug-likeness (QED) is 0.746. The van der Waals surface area contributed by atoms with Gasteiger partial charge in [0.15, 0.2) is 0 Å². The van der Waals surface area contributed by atoms with E-state index in [2.05, 4.69) is 10.2 Å². The number of halogens is 2. The normalized spacial score (nSPS) is 36.8. The Balaban J connectivity index is 0.00000112. The molecular weight excluding hydrogens is 217 g/mol. The van der Waals surface area contributed by atoms with Crippen molar-refractivity contribution < 1.29 is 4.39 Å². The Morgan fingerprint density at radius 1 is 1.47 bits per heavy atom. The highest BCUT2D eigenvalue weighted by molar-refractivity contribution is 5.85. The lowest BCUT2D eigenvalue weighted by molar-refractivity contribution is 0.215. The average molecular weight is 238 g/mol. The molecule has 5 heteroatoms. The molecule has 0 radical (unpaired) electrons. The fraction of sp³-hybridized carbons (Fsp3) is 1.00. The lowest BCUT2D eigenvalue weighted by Gasteiger charge is -2.25. The maximum Gasteiger partial charge on any atom is 0.114 e. The molecule has 3 nitrogen and oxygen atoms in total. The van der Waals surface area contributed by atoms with Crippen LogP contribution in [0.2, 0.25) is 0 Å². The Morgan fingerprint density at radius 3 is 2.87 bits per heavy atom. The second-order valence-corrected chi connectivity index (χ2v) is 4.54. The first kappa shape index (κ1) is 13.2. The molecule has 2 aliphatic rings. The molecule has 2 saturated heterocycles. The van der Waals surface area contributed by atoms with Crippen LogP contribution in [0.4, 0.5) is 4.39 Å². The van der Waals surface area contributed by atoms with E-state index in [1.165, 1.54) is 6.42 Å². The van der Waals surface area contributed by atoms with E-state index in [1.54, 1.807) is 0 Å². The number of nitrogens with two attached hydrogens (primary N) is 1. The van der Waals surface area contributed by atoms with Crippen LogP contribution in [0.3, 0.4) is 0 Å². The number of alkyl halides is 1. The van der Waals surface area contributed by atoms with Crippen molar-refractivity contribution in [3.63, 3.8) is 0 Å². The van der Waals surface area contributed by atoms with E-state index < -0.39 is 6.17 Å². The molecule has 0 spiro atoms. The van der Waals surface area contributed by atoms with E-state index in [-0.39, 0.29) is 18.4 Å². The summed E-state index contributed by atoms with van der Waals surface area (Å²) in [5, 5.41) is 3.34. The summed E-state index contributed by atoms with van der Waals surface area (Å²) >= 11 is 0. The molecule has 1 unspecified atom stereocenters. The molecule has 3 N–H and O–H groups in total. The molecular formula is C10H21ClFN3. The summed E-state index contributed by atoms with van der Waals surface area (Å²) in [6.45, 7) is 4.42. The summed E-state index contributed by atoms with van der Waals surface area (Å²) in [6.07, 6.45) is 1.21. The van der Waals surface area contributed by atoms with Gasteiger partial charge in [-0.05, 0) is 31.8 Å². The van der Waals surface area contributed by atoms with Crippen molar-refractivity contribution in [3.8, 4) is 0 Å². The van der Waals surface area contributed by atoms with Gasteiger partial charge in [0.05, 0.1) is 0 Å². The Kier molecular flexibility index (Phi) is 5.26. The van der Waals surface area contributed by atoms with Crippen molar-refractivity contribution in [2.75, 3.05) is 32.7 Å². The maximum atomic E-state index is 13.2. The monoisotopic (exact) mass is 237 g/mol. The first-order valence-electron chi connectivity index (χ1n) is 5.58. The molecule has 0 bridgehead atoms. The van der Waals surface area contributed by atoms with Gasteiger partial charge in [0.1, 0.15) is 6.17 Å². The van der Waals surface area contributed by atoms with Gasteiger partial charge in [-0.3, -0.25) is 4.90 Å². The van der Waals surface area contributed by atoms with Crippen LogP contribution in [0.1, 0.15) is 12.8 Å². The summed E-state index contributed by atoms with van der Waals surface area (Å²) in [4.78, 5) is 2.24. The highest BCUT2D eigenvalue weighted by Crippen LogP contribution is 2.22. The number of hydrogen-bond donors (Lipinski definition) is 2. The molecule has 90 valence electrons. The van der Waals surface area contributed by atoms with Crippen LogP contribution in [0.5, 0.6) is 0 Å². The molecule has 2 aliphatic heterocycles. The van der Waals surface area contributed by atoms with E-state index in [1.807, 2.05) is 0 Å². The van der Waals surface area contributed by atoms with Gasteiger partial charge in [0, 0.05) is 25.7 Å². The summed E-state index contributed by atoms with van der Waals surface area (Å²) in [7, 11) is 0. The second kappa shape index (κ2) is 5.99. The van der Waals surface area contributed by atoms with Crippen LogP contribution < -0.4 is 11.1 Å². The van der Waals surface area contributed by atoms with Gasteiger partial charge in [-0.1, -0.05) is 0 Å². The summed E-state index contributed by atoms with van der Waals surface area (Å²) in [5.41, 5.74) is 5.64. The van der Waals surface area contributed by atoms with Crippen molar-refractivity contribution in [2.24, 2.45) is 11.7 Å². The lowest BCUT2D eigenvalue weighted by atomic mass is 10.1. The van der Waals surface area contributed by atoms with Crippen molar-refractivity contribution in [1.82, 2.24) is 10.2 Å². The lowest BCUT2D eigenvalue weighted by Crippen LogP contribution is -2.39. The number of nitrogens with one attached hydrogen (secondary N) is 1. The molecule has 2 heterocycles. The third kappa shape index (κ3) is 3.28. The van der Waals surface area contributed by atoms with E-state index in [9.17, 15) is 4.39 Å². The predicted octanol–water partition coefficient (Wildman–Crippen LogP) is 0.389. The topological polar surface area (TPSA) is 41.3 Å². The van der Waals surface area contributed by atoms with Gasteiger partial charge in [-0.25, -0.2) is 4.39 Å². The zero-order valence-corrected chi connectivity index (χ0v) is 9.81. The minimum Gasteiger partial charge on any atom is -0.329 e. The van der Waals surface area contributed by atoms with Crippen LogP contribution in [0.15, 0.2) is 0 Å². The maximum absolute atomic E-state index is 13.2. The van der Waals surface area contributed by atoms with Crippen molar-refractivity contribution in [2.45, 2.75) is 25.1 Å². The van der Waals surface area contributed by atoms with Gasteiger partial charge in [0.25, 0.3) is 0 Å². The van der Waals surface area contributed by atoms with Gasteiger partial charge in [-0.15, -0.1) is 12.4 Å². The molecule has 0 aromatic heterocycles. The fourth-order valence-corrected chi connectivity index (χ4v) is 2.59. The molecule has 15 heavy (non-hydrogen) atoms. The van der Waals surface area contributed by atoms with E-state index in [4.69, 9.17) is 5.73 Å². The smallest absolute Gasteiger partial charge is 0.114 e. The number of hydrogen-bond acceptors (Lipinski definition) is 3. The zero-order valence-electron chi connectivity index (χ0n) is 8.99. The minimum atomic E-state index is -0.655. The number of likely N-dealkylation sites (tertiary alicyclic amines) is 1. The van der Waals surface area contributed by atoms with E-state index >= 15 is 0 Å². The zero-order chi connectivity index (χ0) is 9.97. The van der Waals surface area contributed by atoms with Crippen LogP contribution in [0.25, 0.3) is 0 Å². The summed E-state index contributed by atoms with van der Waals surface area (Å²) in [6, 6.07) is 0.283. The molecule has 0 saturated carbocycles. The van der Waals surface area contributed by atoms with Crippen LogP contribution in [-0.2, 0) is 0 Å².